The van der Waals surface area contributed by atoms with E-state index in [-0.39, 0.29) is 29.0 Å². The summed E-state index contributed by atoms with van der Waals surface area (Å²) >= 11 is 0. The average Bonchev–Trinajstić information content (AvgIpc) is 3.50. The van der Waals surface area contributed by atoms with Crippen LogP contribution < -0.4 is 14.8 Å². The number of methoxy groups -OCH3 is 2. The van der Waals surface area contributed by atoms with E-state index in [9.17, 15) is 19.7 Å². The third kappa shape index (κ3) is 7.44. The van der Waals surface area contributed by atoms with E-state index >= 15 is 0 Å². The fourth-order valence-electron chi connectivity index (χ4n) is 5.15. The van der Waals surface area contributed by atoms with Crippen molar-refractivity contribution in [3.8, 4) is 22.9 Å². The van der Waals surface area contributed by atoms with Crippen LogP contribution in [0.4, 0.5) is 5.69 Å². The van der Waals surface area contributed by atoms with E-state index in [0.29, 0.717) is 30.3 Å². The molecule has 0 saturated carbocycles. The van der Waals surface area contributed by atoms with Gasteiger partial charge in [0.25, 0.3) is 5.69 Å². The standard InChI is InChI=1S/C32H36N4O8/c1-20-28(31(37)42-4)30(24-14-7-8-15-26(24)36(39)40)29(21(2)33-20)32(38)44-17-10-6-5-9-16-43-27-19-25(34-35-27)22-12-11-13-23(18-22)41-3/h7-8,11-15,18-19,30,33H,5-6,9-10,16-17H2,1-4H3,(H,34,35). The number of nitro benzene ring substituents is 1. The Morgan fingerprint density at radius 3 is 2.32 bits per heavy atom. The molecule has 0 amide bonds. The topological polar surface area (TPSA) is 155 Å². The van der Waals surface area contributed by atoms with Crippen molar-refractivity contribution in [2.45, 2.75) is 45.4 Å². The van der Waals surface area contributed by atoms with Gasteiger partial charge in [0.2, 0.25) is 5.88 Å². The van der Waals surface area contributed by atoms with Crippen LogP contribution >= 0.6 is 0 Å². The molecule has 0 fully saturated rings. The lowest BCUT2D eigenvalue weighted by Gasteiger charge is -2.30. The molecule has 1 aromatic heterocycles. The molecule has 2 aromatic carbocycles. The van der Waals surface area contributed by atoms with Crippen molar-refractivity contribution in [2.24, 2.45) is 0 Å². The molecule has 0 radical (unpaired) electrons. The van der Waals surface area contributed by atoms with Crippen molar-refractivity contribution in [2.75, 3.05) is 27.4 Å². The van der Waals surface area contributed by atoms with Crippen LogP contribution in [-0.2, 0) is 19.1 Å². The molecular formula is C32H36N4O8. The van der Waals surface area contributed by atoms with Gasteiger partial charge in [0.15, 0.2) is 0 Å². The van der Waals surface area contributed by atoms with E-state index in [2.05, 4.69) is 15.5 Å². The van der Waals surface area contributed by atoms with Gasteiger partial charge >= 0.3 is 11.9 Å². The molecule has 12 nitrogen and oxygen atoms in total. The Morgan fingerprint density at radius 2 is 1.61 bits per heavy atom. The number of nitrogens with one attached hydrogen (secondary N) is 2. The molecule has 0 aliphatic carbocycles. The van der Waals surface area contributed by atoms with Gasteiger partial charge in [0.05, 0.1) is 55.1 Å². The number of hydrogen-bond donors (Lipinski definition) is 2. The number of carbonyl (C=O) groups is 2. The van der Waals surface area contributed by atoms with Gasteiger partial charge in [-0.1, -0.05) is 30.3 Å². The zero-order valence-corrected chi connectivity index (χ0v) is 25.2. The number of allylic oxidation sites excluding steroid dienone is 2. The van der Waals surface area contributed by atoms with Gasteiger partial charge in [-0.25, -0.2) is 9.59 Å². The smallest absolute Gasteiger partial charge is 0.336 e. The van der Waals surface area contributed by atoms with Gasteiger partial charge in [0.1, 0.15) is 5.75 Å². The lowest BCUT2D eigenvalue weighted by atomic mass is 9.79. The second kappa shape index (κ2) is 14.9. The largest absolute Gasteiger partial charge is 0.497 e. The Bertz CT molecular complexity index is 1580. The lowest BCUT2D eigenvalue weighted by Crippen LogP contribution is -2.32. The monoisotopic (exact) mass is 604 g/mol. The molecule has 3 aromatic rings. The highest BCUT2D eigenvalue weighted by Gasteiger charge is 2.40. The quantitative estimate of drug-likeness (QED) is 0.103. The summed E-state index contributed by atoms with van der Waals surface area (Å²) in [5, 5.41) is 22.1. The Labute approximate surface area is 255 Å². The summed E-state index contributed by atoms with van der Waals surface area (Å²) in [6, 6.07) is 15.5. The van der Waals surface area contributed by atoms with E-state index < -0.39 is 22.8 Å². The minimum absolute atomic E-state index is 0.117. The molecule has 0 bridgehead atoms. The van der Waals surface area contributed by atoms with Gasteiger partial charge in [-0.15, -0.1) is 5.10 Å². The highest BCUT2D eigenvalue weighted by atomic mass is 16.6. The van der Waals surface area contributed by atoms with E-state index in [1.54, 1.807) is 27.0 Å². The molecule has 44 heavy (non-hydrogen) atoms. The number of benzene rings is 2. The van der Waals surface area contributed by atoms with Crippen LogP contribution in [0.2, 0.25) is 0 Å². The third-order valence-electron chi connectivity index (χ3n) is 7.29. The fourth-order valence-corrected chi connectivity index (χ4v) is 5.15. The summed E-state index contributed by atoms with van der Waals surface area (Å²) in [5.74, 6) is -1.11. The van der Waals surface area contributed by atoms with Gasteiger partial charge < -0.3 is 24.3 Å². The predicted octanol–water partition coefficient (Wildman–Crippen LogP) is 5.58. The maximum absolute atomic E-state index is 13.4. The number of para-hydroxylation sites is 1. The van der Waals surface area contributed by atoms with E-state index in [0.717, 1.165) is 36.3 Å². The van der Waals surface area contributed by atoms with Crippen molar-refractivity contribution in [1.82, 2.24) is 15.5 Å². The number of hydrogen-bond acceptors (Lipinski definition) is 10. The molecule has 12 heteroatoms. The summed E-state index contributed by atoms with van der Waals surface area (Å²) in [6.07, 6.45) is 3.04. The summed E-state index contributed by atoms with van der Waals surface area (Å²) in [7, 11) is 2.84. The maximum atomic E-state index is 13.4. The summed E-state index contributed by atoms with van der Waals surface area (Å²) in [6.45, 7) is 3.98. The fraction of sp³-hybridized carbons (Fsp3) is 0.344. The van der Waals surface area contributed by atoms with Crippen molar-refractivity contribution < 1.29 is 33.5 Å². The minimum atomic E-state index is -1.03. The van der Waals surface area contributed by atoms with E-state index in [4.69, 9.17) is 18.9 Å². The number of rotatable bonds is 14. The molecule has 232 valence electrons. The van der Waals surface area contributed by atoms with Crippen LogP contribution in [0.25, 0.3) is 11.3 Å². The minimum Gasteiger partial charge on any atom is -0.497 e. The average molecular weight is 605 g/mol. The van der Waals surface area contributed by atoms with Crippen molar-refractivity contribution in [3.63, 3.8) is 0 Å². The SMILES string of the molecule is COC(=O)C1=C(C)NC(C)=C(C(=O)OCCCCCCOc2cc(-c3cccc(OC)c3)[nH]n2)C1c1ccccc1[N+](=O)[O-]. The maximum Gasteiger partial charge on any atom is 0.336 e. The Hall–Kier alpha value is -5.13. The predicted molar refractivity (Wildman–Crippen MR) is 162 cm³/mol. The third-order valence-corrected chi connectivity index (χ3v) is 7.29. The number of esters is 2. The number of ether oxygens (including phenoxy) is 4. The first-order valence-electron chi connectivity index (χ1n) is 14.2. The Balaban J connectivity index is 1.29. The van der Waals surface area contributed by atoms with Gasteiger partial charge in [-0.3, -0.25) is 15.2 Å². The van der Waals surface area contributed by atoms with Crippen LogP contribution in [0.1, 0.15) is 51.0 Å². The van der Waals surface area contributed by atoms with Crippen LogP contribution in [0.5, 0.6) is 11.6 Å². The first kappa shape index (κ1) is 31.8. The number of carbonyl (C=O) groups excluding carboxylic acids is 2. The number of aromatic nitrogens is 2. The van der Waals surface area contributed by atoms with Gasteiger partial charge in [-0.05, 0) is 51.7 Å². The number of unbranched alkanes of at least 4 members (excludes halogenated alkanes) is 3. The lowest BCUT2D eigenvalue weighted by molar-refractivity contribution is -0.385. The molecule has 1 aliphatic rings. The summed E-state index contributed by atoms with van der Waals surface area (Å²) < 4.78 is 21.6. The molecule has 1 unspecified atom stereocenters. The van der Waals surface area contributed by atoms with Crippen LogP contribution in [0, 0.1) is 10.1 Å². The van der Waals surface area contributed by atoms with Crippen LogP contribution in [0.3, 0.4) is 0 Å². The number of H-pyrrole nitrogens is 1. The number of dihydropyridines is 1. The van der Waals surface area contributed by atoms with Crippen molar-refractivity contribution in [3.05, 3.63) is 92.8 Å². The van der Waals surface area contributed by atoms with Gasteiger partial charge in [0, 0.05) is 34.7 Å². The Morgan fingerprint density at radius 1 is 0.909 bits per heavy atom. The van der Waals surface area contributed by atoms with E-state index in [1.807, 2.05) is 30.3 Å². The second-order valence-corrected chi connectivity index (χ2v) is 10.2. The number of aromatic amines is 1. The van der Waals surface area contributed by atoms with E-state index in [1.165, 1.54) is 25.3 Å². The molecule has 0 saturated heterocycles. The van der Waals surface area contributed by atoms with Crippen molar-refractivity contribution in [1.29, 1.82) is 0 Å². The normalized spacial score (nSPS) is 14.6. The zero-order chi connectivity index (χ0) is 31.6. The Kier molecular flexibility index (Phi) is 10.7. The van der Waals surface area contributed by atoms with Crippen LogP contribution in [-0.4, -0.2) is 54.5 Å². The number of nitrogens with zero attached hydrogens (tertiary/aromatic N) is 2. The summed E-state index contributed by atoms with van der Waals surface area (Å²) in [4.78, 5) is 37.5. The molecule has 4 rings (SSSR count). The number of nitro groups is 1. The molecule has 1 atom stereocenters. The molecule has 2 N–H and O–H groups in total. The summed E-state index contributed by atoms with van der Waals surface area (Å²) in [5.41, 5.74) is 2.91. The first-order chi connectivity index (χ1) is 21.2. The van der Waals surface area contributed by atoms with Crippen LogP contribution in [0.15, 0.2) is 77.1 Å². The highest BCUT2D eigenvalue weighted by molar-refractivity contribution is 6.00. The highest BCUT2D eigenvalue weighted by Crippen LogP contribution is 2.42. The second-order valence-electron chi connectivity index (χ2n) is 10.2. The molecule has 0 spiro atoms. The van der Waals surface area contributed by atoms with Gasteiger partial charge in [-0.2, -0.15) is 0 Å². The van der Waals surface area contributed by atoms with Crippen molar-refractivity contribution >= 4 is 17.6 Å². The zero-order valence-electron chi connectivity index (χ0n) is 25.2. The molecule has 2 heterocycles. The molecule has 1 aliphatic heterocycles. The first-order valence-corrected chi connectivity index (χ1v) is 14.2. The molecular weight excluding hydrogens is 568 g/mol.